The molecule has 0 aliphatic heterocycles. The molecule has 0 unspecified atom stereocenters. The molecule has 4 rings (SSSR count). The number of benzene rings is 1. The monoisotopic (exact) mass is 427 g/mol. The Morgan fingerprint density at radius 1 is 1.15 bits per heavy atom. The van der Waals surface area contributed by atoms with Gasteiger partial charge in [0.1, 0.15) is 5.01 Å². The number of hydrogen-bond acceptors (Lipinski definition) is 4. The highest BCUT2D eigenvalue weighted by molar-refractivity contribution is 9.10. The number of amides is 1. The van der Waals surface area contributed by atoms with Gasteiger partial charge in [-0.15, -0.1) is 11.3 Å². The van der Waals surface area contributed by atoms with E-state index in [-0.39, 0.29) is 11.3 Å². The molecule has 4 nitrogen and oxygen atoms in total. The minimum absolute atomic E-state index is 0.103. The van der Waals surface area contributed by atoms with E-state index in [4.69, 9.17) is 0 Å². The fourth-order valence-electron chi connectivity index (χ4n) is 3.32. The summed E-state index contributed by atoms with van der Waals surface area (Å²) in [5.74, 6) is 0.103. The zero-order valence-corrected chi connectivity index (χ0v) is 16.5. The number of pyridine rings is 1. The van der Waals surface area contributed by atoms with Gasteiger partial charge in [0.15, 0.2) is 0 Å². The van der Waals surface area contributed by atoms with Crippen LogP contribution < -0.4 is 5.32 Å². The van der Waals surface area contributed by atoms with E-state index in [1.165, 1.54) is 0 Å². The second kappa shape index (κ2) is 7.29. The minimum atomic E-state index is -0.383. The summed E-state index contributed by atoms with van der Waals surface area (Å²) < 4.78 is 1.03. The summed E-state index contributed by atoms with van der Waals surface area (Å²) in [5.41, 5.74) is 2.68. The second-order valence-corrected chi connectivity index (χ2v) is 8.35. The molecule has 1 aliphatic rings. The molecule has 0 bridgehead atoms. The molecule has 0 radical (unpaired) electrons. The Balaban J connectivity index is 1.45. The van der Waals surface area contributed by atoms with Crippen LogP contribution in [-0.2, 0) is 16.8 Å². The Morgan fingerprint density at radius 3 is 2.54 bits per heavy atom. The van der Waals surface area contributed by atoms with E-state index in [9.17, 15) is 4.79 Å². The van der Waals surface area contributed by atoms with Gasteiger partial charge in [0.25, 0.3) is 0 Å². The van der Waals surface area contributed by atoms with Crippen LogP contribution in [-0.4, -0.2) is 15.9 Å². The number of halogens is 1. The van der Waals surface area contributed by atoms with E-state index in [2.05, 4.69) is 31.2 Å². The van der Waals surface area contributed by atoms with Crippen LogP contribution in [0, 0.1) is 0 Å². The van der Waals surface area contributed by atoms with Gasteiger partial charge in [0.05, 0.1) is 17.7 Å². The molecule has 0 saturated heterocycles. The smallest absolute Gasteiger partial charge is 0.231 e. The van der Waals surface area contributed by atoms with Crippen LogP contribution in [0.25, 0.3) is 11.3 Å². The SMILES string of the molecule is O=C(NCc1nc(-c2ccncc2)cs1)C1(c2ccc(Br)cc2)CCC1. The van der Waals surface area contributed by atoms with Crippen molar-refractivity contribution >= 4 is 33.2 Å². The first-order chi connectivity index (χ1) is 12.7. The number of carbonyl (C=O) groups is 1. The number of thiazole rings is 1. The van der Waals surface area contributed by atoms with Gasteiger partial charge in [-0.25, -0.2) is 4.98 Å². The first kappa shape index (κ1) is 17.4. The summed E-state index contributed by atoms with van der Waals surface area (Å²) in [6.07, 6.45) is 6.41. The first-order valence-corrected chi connectivity index (χ1v) is 10.2. The highest BCUT2D eigenvalue weighted by atomic mass is 79.9. The number of rotatable bonds is 5. The molecule has 0 atom stereocenters. The maximum absolute atomic E-state index is 12.9. The van der Waals surface area contributed by atoms with Gasteiger partial charge in [0, 0.05) is 27.8 Å². The van der Waals surface area contributed by atoms with Crippen molar-refractivity contribution in [2.45, 2.75) is 31.2 Å². The average Bonchev–Trinajstić information content (AvgIpc) is 3.10. The lowest BCUT2D eigenvalue weighted by atomic mass is 9.64. The van der Waals surface area contributed by atoms with Crippen molar-refractivity contribution in [3.05, 3.63) is 69.2 Å². The fourth-order valence-corrected chi connectivity index (χ4v) is 4.33. The summed E-state index contributed by atoms with van der Waals surface area (Å²) in [4.78, 5) is 21.6. The van der Waals surface area contributed by atoms with E-state index >= 15 is 0 Å². The van der Waals surface area contributed by atoms with Gasteiger partial charge >= 0.3 is 0 Å². The summed E-state index contributed by atoms with van der Waals surface area (Å²) in [7, 11) is 0. The van der Waals surface area contributed by atoms with E-state index < -0.39 is 0 Å². The Kier molecular flexibility index (Phi) is 4.87. The Labute approximate surface area is 164 Å². The van der Waals surface area contributed by atoms with Gasteiger partial charge < -0.3 is 5.32 Å². The minimum Gasteiger partial charge on any atom is -0.349 e. The fraction of sp³-hybridized carbons (Fsp3) is 0.250. The molecule has 2 heterocycles. The first-order valence-electron chi connectivity index (χ1n) is 8.56. The molecule has 2 aromatic heterocycles. The topological polar surface area (TPSA) is 54.9 Å². The predicted molar refractivity (Wildman–Crippen MR) is 107 cm³/mol. The quantitative estimate of drug-likeness (QED) is 0.641. The van der Waals surface area contributed by atoms with Gasteiger partial charge in [-0.05, 0) is 42.7 Å². The molecule has 1 amide bonds. The molecule has 1 N–H and O–H groups in total. The molecule has 6 heteroatoms. The van der Waals surface area contributed by atoms with E-state index in [1.54, 1.807) is 23.7 Å². The van der Waals surface area contributed by atoms with E-state index in [1.807, 2.05) is 41.8 Å². The van der Waals surface area contributed by atoms with Crippen molar-refractivity contribution in [2.24, 2.45) is 0 Å². The largest absolute Gasteiger partial charge is 0.349 e. The van der Waals surface area contributed by atoms with Crippen LogP contribution in [0.4, 0.5) is 0 Å². The van der Waals surface area contributed by atoms with Gasteiger partial charge in [-0.3, -0.25) is 9.78 Å². The van der Waals surface area contributed by atoms with E-state index in [0.717, 1.165) is 45.6 Å². The maximum atomic E-state index is 12.9. The molecular weight excluding hydrogens is 410 g/mol. The van der Waals surface area contributed by atoms with Crippen molar-refractivity contribution in [3.8, 4) is 11.3 Å². The third-order valence-electron chi connectivity index (χ3n) is 4.97. The van der Waals surface area contributed by atoms with Crippen molar-refractivity contribution < 1.29 is 4.79 Å². The molecule has 1 fully saturated rings. The third-order valence-corrected chi connectivity index (χ3v) is 6.34. The zero-order chi connectivity index (χ0) is 18.0. The van der Waals surface area contributed by atoms with E-state index in [0.29, 0.717) is 6.54 Å². The maximum Gasteiger partial charge on any atom is 0.231 e. The number of hydrogen-bond donors (Lipinski definition) is 1. The lowest BCUT2D eigenvalue weighted by Crippen LogP contribution is -2.48. The number of aromatic nitrogens is 2. The highest BCUT2D eigenvalue weighted by Crippen LogP contribution is 2.44. The second-order valence-electron chi connectivity index (χ2n) is 6.49. The highest BCUT2D eigenvalue weighted by Gasteiger charge is 2.45. The van der Waals surface area contributed by atoms with Crippen LogP contribution in [0.5, 0.6) is 0 Å². The summed E-state index contributed by atoms with van der Waals surface area (Å²) in [5, 5.41) is 6.04. The van der Waals surface area contributed by atoms with Crippen LogP contribution in [0.15, 0.2) is 58.6 Å². The summed E-state index contributed by atoms with van der Waals surface area (Å²) >= 11 is 5.03. The van der Waals surface area contributed by atoms with Crippen molar-refractivity contribution in [1.82, 2.24) is 15.3 Å². The normalized spacial score (nSPS) is 15.3. The molecule has 1 aliphatic carbocycles. The molecule has 1 saturated carbocycles. The molecule has 0 spiro atoms. The van der Waals surface area contributed by atoms with Gasteiger partial charge in [0.2, 0.25) is 5.91 Å². The lowest BCUT2D eigenvalue weighted by Gasteiger charge is -2.40. The zero-order valence-electron chi connectivity index (χ0n) is 14.1. The number of nitrogens with one attached hydrogen (secondary N) is 1. The van der Waals surface area contributed by atoms with Crippen molar-refractivity contribution in [1.29, 1.82) is 0 Å². The van der Waals surface area contributed by atoms with Gasteiger partial charge in [-0.2, -0.15) is 0 Å². The van der Waals surface area contributed by atoms with Crippen LogP contribution in [0.1, 0.15) is 29.8 Å². The molecule has 3 aromatic rings. The van der Waals surface area contributed by atoms with Crippen molar-refractivity contribution in [2.75, 3.05) is 0 Å². The average molecular weight is 428 g/mol. The molecule has 132 valence electrons. The molecule has 26 heavy (non-hydrogen) atoms. The standard InChI is InChI=1S/C20H18BrN3OS/c21-16-4-2-15(3-5-16)20(8-1-9-20)19(25)23-12-18-24-17(13-26-18)14-6-10-22-11-7-14/h2-7,10-11,13H,1,8-9,12H2,(H,23,25). The Hall–Kier alpha value is -2.05. The third kappa shape index (κ3) is 3.31. The Morgan fingerprint density at radius 2 is 1.88 bits per heavy atom. The van der Waals surface area contributed by atoms with Crippen LogP contribution in [0.2, 0.25) is 0 Å². The predicted octanol–water partition coefficient (Wildman–Crippen LogP) is 4.71. The summed E-state index contributed by atoms with van der Waals surface area (Å²) in [6, 6.07) is 12.0. The van der Waals surface area contributed by atoms with Crippen molar-refractivity contribution in [3.63, 3.8) is 0 Å². The molecule has 1 aromatic carbocycles. The Bertz CT molecular complexity index is 904. The van der Waals surface area contributed by atoms with Crippen LogP contribution in [0.3, 0.4) is 0 Å². The summed E-state index contributed by atoms with van der Waals surface area (Å²) in [6.45, 7) is 0.465. The molecular formula is C20H18BrN3OS. The van der Waals surface area contributed by atoms with Crippen LogP contribution >= 0.6 is 27.3 Å². The number of carbonyl (C=O) groups excluding carboxylic acids is 1. The number of nitrogens with zero attached hydrogens (tertiary/aromatic N) is 2. The lowest BCUT2D eigenvalue weighted by molar-refractivity contribution is -0.130. The van der Waals surface area contributed by atoms with Gasteiger partial charge in [-0.1, -0.05) is 34.5 Å².